The highest BCUT2D eigenvalue weighted by Crippen LogP contribution is 2.15. The molecular weight excluding hydrogens is 312 g/mol. The summed E-state index contributed by atoms with van der Waals surface area (Å²) >= 11 is 0. The third-order valence-electron chi connectivity index (χ3n) is 3.64. The smallest absolute Gasteiger partial charge is 0.332 e. The lowest BCUT2D eigenvalue weighted by Gasteiger charge is -2.18. The Balaban J connectivity index is 2.29. The summed E-state index contributed by atoms with van der Waals surface area (Å²) in [7, 11) is 2.74. The average molecular weight is 332 g/mol. The molecular formula is C16H20N4O4. The third kappa shape index (κ3) is 3.32. The van der Waals surface area contributed by atoms with Crippen molar-refractivity contribution < 1.29 is 9.53 Å². The second-order valence-corrected chi connectivity index (χ2v) is 5.28. The van der Waals surface area contributed by atoms with E-state index in [4.69, 9.17) is 10.5 Å². The van der Waals surface area contributed by atoms with Crippen molar-refractivity contribution >= 4 is 17.4 Å². The molecule has 1 amide bonds. The Labute approximate surface area is 138 Å². The number of nitrogens with two attached hydrogens (primary N) is 1. The van der Waals surface area contributed by atoms with Crippen LogP contribution in [0.2, 0.25) is 0 Å². The van der Waals surface area contributed by atoms with Crippen LogP contribution >= 0.6 is 0 Å². The number of nitrogens with zero attached hydrogens (tertiary/aromatic N) is 2. The summed E-state index contributed by atoms with van der Waals surface area (Å²) in [4.78, 5) is 36.4. The predicted molar refractivity (Wildman–Crippen MR) is 91.1 cm³/mol. The average Bonchev–Trinajstić information content (AvgIpc) is 2.60. The Kier molecular flexibility index (Phi) is 5.08. The number of aromatic nitrogens is 2. The number of para-hydroxylation sites is 1. The van der Waals surface area contributed by atoms with Crippen molar-refractivity contribution in [2.75, 3.05) is 11.1 Å². The molecule has 1 heterocycles. The molecule has 8 nitrogen and oxygen atoms in total. The zero-order valence-electron chi connectivity index (χ0n) is 13.8. The molecule has 3 N–H and O–H groups in total. The molecule has 24 heavy (non-hydrogen) atoms. The van der Waals surface area contributed by atoms with E-state index in [1.54, 1.807) is 31.2 Å². The first-order chi connectivity index (χ1) is 11.4. The van der Waals surface area contributed by atoms with Crippen LogP contribution in [0.25, 0.3) is 0 Å². The Morgan fingerprint density at radius 3 is 2.42 bits per heavy atom. The first-order valence-corrected chi connectivity index (χ1v) is 7.44. The van der Waals surface area contributed by atoms with E-state index in [2.05, 4.69) is 5.32 Å². The molecule has 0 unspecified atom stereocenters. The highest BCUT2D eigenvalue weighted by atomic mass is 16.5. The summed E-state index contributed by atoms with van der Waals surface area (Å²) in [6.07, 6.45) is -0.402. The van der Waals surface area contributed by atoms with Crippen molar-refractivity contribution in [1.29, 1.82) is 0 Å². The quantitative estimate of drug-likeness (QED) is 0.827. The standard InChI is InChI=1S/C16H20N4O4/c1-4-11(24-10-8-6-5-7-9-10)14(21)18-12-13(17)19(2)16(23)20(3)15(12)22/h5-9,11H,4,17H2,1-3H3,(H,18,21)/t11-/m0/s1. The van der Waals surface area contributed by atoms with E-state index in [1.807, 2.05) is 6.07 Å². The zero-order chi connectivity index (χ0) is 17.9. The topological polar surface area (TPSA) is 108 Å². The number of hydrogen-bond acceptors (Lipinski definition) is 5. The first-order valence-electron chi connectivity index (χ1n) is 7.44. The van der Waals surface area contributed by atoms with Gasteiger partial charge >= 0.3 is 5.69 Å². The number of ether oxygens (including phenoxy) is 1. The fraction of sp³-hybridized carbons (Fsp3) is 0.312. The molecule has 1 aromatic heterocycles. The van der Waals surface area contributed by atoms with Gasteiger partial charge in [0.2, 0.25) is 0 Å². The number of carbonyl (C=O) groups excluding carboxylic acids is 1. The van der Waals surface area contributed by atoms with E-state index in [0.717, 1.165) is 9.13 Å². The molecule has 0 spiro atoms. The monoisotopic (exact) mass is 332 g/mol. The summed E-state index contributed by atoms with van der Waals surface area (Å²) in [5.74, 6) is -0.0735. The van der Waals surface area contributed by atoms with Crippen molar-refractivity contribution in [2.24, 2.45) is 14.1 Å². The molecule has 1 atom stereocenters. The number of amides is 1. The van der Waals surface area contributed by atoms with Gasteiger partial charge in [-0.15, -0.1) is 0 Å². The van der Waals surface area contributed by atoms with Crippen LogP contribution in [0, 0.1) is 0 Å². The summed E-state index contributed by atoms with van der Waals surface area (Å²) in [6, 6.07) is 8.88. The van der Waals surface area contributed by atoms with Gasteiger partial charge in [-0.25, -0.2) is 4.79 Å². The Hall–Kier alpha value is -3.03. The van der Waals surface area contributed by atoms with Gasteiger partial charge in [0.15, 0.2) is 6.10 Å². The van der Waals surface area contributed by atoms with Crippen LogP contribution in [0.5, 0.6) is 5.75 Å². The van der Waals surface area contributed by atoms with Gasteiger partial charge in [-0.2, -0.15) is 0 Å². The van der Waals surface area contributed by atoms with Crippen LogP contribution in [0.1, 0.15) is 13.3 Å². The predicted octanol–water partition coefficient (Wildman–Crippen LogP) is 0.462. The van der Waals surface area contributed by atoms with Crippen molar-refractivity contribution in [3.05, 3.63) is 51.2 Å². The third-order valence-corrected chi connectivity index (χ3v) is 3.64. The lowest BCUT2D eigenvalue weighted by atomic mass is 10.2. The summed E-state index contributed by atoms with van der Waals surface area (Å²) in [5.41, 5.74) is 4.42. The number of nitrogen functional groups attached to an aromatic ring is 1. The minimum absolute atomic E-state index is 0.106. The van der Waals surface area contributed by atoms with Crippen LogP contribution < -0.4 is 27.0 Å². The zero-order valence-corrected chi connectivity index (χ0v) is 13.8. The Morgan fingerprint density at radius 1 is 1.21 bits per heavy atom. The molecule has 8 heteroatoms. The van der Waals surface area contributed by atoms with E-state index in [-0.39, 0.29) is 11.5 Å². The molecule has 0 bridgehead atoms. The fourth-order valence-corrected chi connectivity index (χ4v) is 2.17. The van der Waals surface area contributed by atoms with E-state index >= 15 is 0 Å². The van der Waals surface area contributed by atoms with Gasteiger partial charge in [0.05, 0.1) is 0 Å². The van der Waals surface area contributed by atoms with Crippen molar-refractivity contribution in [2.45, 2.75) is 19.4 Å². The fourth-order valence-electron chi connectivity index (χ4n) is 2.17. The maximum Gasteiger partial charge on any atom is 0.332 e. The van der Waals surface area contributed by atoms with Crippen molar-refractivity contribution in [3.8, 4) is 5.75 Å². The molecule has 0 aliphatic rings. The summed E-state index contributed by atoms with van der Waals surface area (Å²) in [5, 5.41) is 2.48. The van der Waals surface area contributed by atoms with Gasteiger partial charge in [-0.3, -0.25) is 18.7 Å². The maximum atomic E-state index is 12.4. The van der Waals surface area contributed by atoms with Gasteiger partial charge < -0.3 is 15.8 Å². The van der Waals surface area contributed by atoms with Crippen LogP contribution in [-0.4, -0.2) is 21.1 Å². The highest BCUT2D eigenvalue weighted by Gasteiger charge is 2.22. The molecule has 0 aliphatic carbocycles. The minimum atomic E-state index is -0.797. The van der Waals surface area contributed by atoms with Crippen LogP contribution in [-0.2, 0) is 18.9 Å². The van der Waals surface area contributed by atoms with Gasteiger partial charge in [-0.05, 0) is 18.6 Å². The second-order valence-electron chi connectivity index (χ2n) is 5.28. The van der Waals surface area contributed by atoms with E-state index in [9.17, 15) is 14.4 Å². The van der Waals surface area contributed by atoms with Gasteiger partial charge in [0.25, 0.3) is 11.5 Å². The van der Waals surface area contributed by atoms with Crippen molar-refractivity contribution in [1.82, 2.24) is 9.13 Å². The molecule has 2 aromatic rings. The summed E-state index contributed by atoms with van der Waals surface area (Å²) in [6.45, 7) is 1.79. The second kappa shape index (κ2) is 7.03. The molecule has 1 aromatic carbocycles. The Morgan fingerprint density at radius 2 is 1.83 bits per heavy atom. The summed E-state index contributed by atoms with van der Waals surface area (Å²) < 4.78 is 7.60. The lowest BCUT2D eigenvalue weighted by Crippen LogP contribution is -2.42. The van der Waals surface area contributed by atoms with Crippen LogP contribution in [0.15, 0.2) is 39.9 Å². The van der Waals surface area contributed by atoms with Gasteiger partial charge in [-0.1, -0.05) is 25.1 Å². The van der Waals surface area contributed by atoms with Crippen LogP contribution in [0.4, 0.5) is 11.5 Å². The molecule has 128 valence electrons. The highest BCUT2D eigenvalue weighted by molar-refractivity contribution is 5.96. The van der Waals surface area contributed by atoms with Gasteiger partial charge in [0.1, 0.15) is 17.3 Å². The normalized spacial score (nSPS) is 11.8. The molecule has 0 aliphatic heterocycles. The minimum Gasteiger partial charge on any atom is -0.481 e. The molecule has 2 rings (SSSR count). The molecule has 0 saturated heterocycles. The Bertz CT molecular complexity index is 855. The maximum absolute atomic E-state index is 12.4. The number of hydrogen-bond donors (Lipinski definition) is 2. The number of rotatable bonds is 5. The van der Waals surface area contributed by atoms with E-state index < -0.39 is 23.3 Å². The van der Waals surface area contributed by atoms with E-state index in [1.165, 1.54) is 14.1 Å². The lowest BCUT2D eigenvalue weighted by molar-refractivity contribution is -0.122. The van der Waals surface area contributed by atoms with Crippen molar-refractivity contribution in [3.63, 3.8) is 0 Å². The SMILES string of the molecule is CC[C@H](Oc1ccccc1)C(=O)Nc1c(N)n(C)c(=O)n(C)c1=O. The molecule has 0 fully saturated rings. The van der Waals surface area contributed by atoms with Crippen LogP contribution in [0.3, 0.4) is 0 Å². The van der Waals surface area contributed by atoms with E-state index in [0.29, 0.717) is 12.2 Å². The molecule has 0 saturated carbocycles. The number of carbonyl (C=O) groups is 1. The largest absolute Gasteiger partial charge is 0.481 e. The van der Waals surface area contributed by atoms with Gasteiger partial charge in [0, 0.05) is 14.1 Å². The number of benzene rings is 1. The first kappa shape index (κ1) is 17.3. The number of nitrogens with one attached hydrogen (secondary N) is 1. The molecule has 0 radical (unpaired) electrons. The number of anilines is 2.